The Hall–Kier alpha value is -3.07. The molecule has 0 atom stereocenters. The highest BCUT2D eigenvalue weighted by Crippen LogP contribution is 2.36. The highest BCUT2D eigenvalue weighted by Gasteiger charge is 2.36. The molecule has 1 saturated heterocycles. The average molecular weight is 418 g/mol. The lowest BCUT2D eigenvalue weighted by molar-refractivity contribution is -0.139. The molecule has 1 N–H and O–H groups in total. The molecule has 0 unspecified atom stereocenters. The number of nitrogens with one attached hydrogen (secondary N) is 1. The Morgan fingerprint density at radius 1 is 0.967 bits per heavy atom. The molecular weight excluding hydrogens is 397 g/mol. The van der Waals surface area contributed by atoms with Gasteiger partial charge >= 0.3 is 6.18 Å². The summed E-state index contributed by atoms with van der Waals surface area (Å²) in [5, 5.41) is 4.12. The van der Waals surface area contributed by atoms with Crippen molar-refractivity contribution >= 4 is 16.7 Å². The zero-order valence-electron chi connectivity index (χ0n) is 16.2. The quantitative estimate of drug-likeness (QED) is 0.619. The Balaban J connectivity index is 1.46. The van der Waals surface area contributed by atoms with Crippen LogP contribution in [0.5, 0.6) is 11.6 Å². The molecule has 6 nitrogen and oxygen atoms in total. The van der Waals surface area contributed by atoms with Crippen LogP contribution in [0.25, 0.3) is 10.9 Å². The number of hydrogen-bond donors (Lipinski definition) is 1. The van der Waals surface area contributed by atoms with Gasteiger partial charge in [-0.05, 0) is 24.3 Å². The summed E-state index contributed by atoms with van der Waals surface area (Å²) in [6.07, 6.45) is -2.89. The minimum atomic E-state index is -4.55. The van der Waals surface area contributed by atoms with E-state index in [2.05, 4.69) is 15.3 Å². The van der Waals surface area contributed by atoms with E-state index < -0.39 is 17.6 Å². The summed E-state index contributed by atoms with van der Waals surface area (Å²) in [6.45, 7) is 2.85. The van der Waals surface area contributed by atoms with Crippen LogP contribution in [0.2, 0.25) is 0 Å². The van der Waals surface area contributed by atoms with Crippen LogP contribution in [0, 0.1) is 0 Å². The normalized spacial score (nSPS) is 14.7. The molecule has 1 aromatic carbocycles. The topological polar surface area (TPSA) is 59.5 Å². The van der Waals surface area contributed by atoms with Crippen molar-refractivity contribution in [1.29, 1.82) is 0 Å². The summed E-state index contributed by atoms with van der Waals surface area (Å²) >= 11 is 0. The smallest absolute Gasteiger partial charge is 0.421 e. The number of anilines is 1. The predicted molar refractivity (Wildman–Crippen MR) is 107 cm³/mol. The van der Waals surface area contributed by atoms with Crippen molar-refractivity contribution in [3.63, 3.8) is 0 Å². The van der Waals surface area contributed by atoms with E-state index in [4.69, 9.17) is 9.47 Å². The number of alkyl halides is 3. The molecule has 158 valence electrons. The summed E-state index contributed by atoms with van der Waals surface area (Å²) in [5.41, 5.74) is -0.206. The first-order valence-electron chi connectivity index (χ1n) is 9.65. The zero-order valence-corrected chi connectivity index (χ0v) is 16.2. The van der Waals surface area contributed by atoms with E-state index in [1.165, 1.54) is 6.07 Å². The van der Waals surface area contributed by atoms with Gasteiger partial charge in [0.1, 0.15) is 35.9 Å². The predicted octanol–water partition coefficient (Wildman–Crippen LogP) is 3.52. The first kappa shape index (κ1) is 20.2. The molecule has 1 fully saturated rings. The van der Waals surface area contributed by atoms with E-state index in [0.717, 1.165) is 24.5 Å². The standard InChI is InChI=1S/C21H21F3N4O2/c22-21(23,24)16-6-7-18(28-11-9-25-10-12-28)27-20(16)30-14-13-29-17-5-1-3-15-4-2-8-26-19(15)17/h1-8,25H,9-14H2. The number of fused-ring (bicyclic) bond motifs is 1. The van der Waals surface area contributed by atoms with E-state index in [1.54, 1.807) is 12.3 Å². The molecule has 1 aliphatic rings. The van der Waals surface area contributed by atoms with Crippen molar-refractivity contribution in [2.75, 3.05) is 44.3 Å². The third-order valence-corrected chi connectivity index (χ3v) is 4.77. The largest absolute Gasteiger partial charge is 0.488 e. The van der Waals surface area contributed by atoms with Crippen molar-refractivity contribution in [2.45, 2.75) is 6.18 Å². The minimum Gasteiger partial charge on any atom is -0.488 e. The molecule has 9 heteroatoms. The van der Waals surface area contributed by atoms with Crippen LogP contribution >= 0.6 is 0 Å². The van der Waals surface area contributed by atoms with Gasteiger partial charge in [-0.1, -0.05) is 18.2 Å². The Morgan fingerprint density at radius 3 is 2.53 bits per heavy atom. The van der Waals surface area contributed by atoms with Crippen molar-refractivity contribution in [3.8, 4) is 11.6 Å². The molecule has 0 aliphatic carbocycles. The molecule has 0 saturated carbocycles. The Morgan fingerprint density at radius 2 is 1.73 bits per heavy atom. The minimum absolute atomic E-state index is 0.0620. The molecule has 0 spiro atoms. The van der Waals surface area contributed by atoms with Crippen LogP contribution in [0.15, 0.2) is 48.7 Å². The van der Waals surface area contributed by atoms with Crippen LogP contribution in [0.4, 0.5) is 19.0 Å². The SMILES string of the molecule is FC(F)(F)c1ccc(N2CCNCC2)nc1OCCOc1cccc2cccnc12. The second-order valence-electron chi connectivity index (χ2n) is 6.79. The molecule has 1 aliphatic heterocycles. The van der Waals surface area contributed by atoms with Crippen LogP contribution in [0.1, 0.15) is 5.56 Å². The van der Waals surface area contributed by atoms with Crippen LogP contribution in [-0.4, -0.2) is 49.4 Å². The maximum Gasteiger partial charge on any atom is 0.421 e. The molecule has 4 rings (SSSR count). The molecule has 2 aromatic heterocycles. The lowest BCUT2D eigenvalue weighted by Gasteiger charge is -2.29. The molecule has 30 heavy (non-hydrogen) atoms. The number of hydrogen-bond acceptors (Lipinski definition) is 6. The second kappa shape index (κ2) is 8.74. The van der Waals surface area contributed by atoms with E-state index in [-0.39, 0.29) is 13.2 Å². The van der Waals surface area contributed by atoms with E-state index in [1.807, 2.05) is 29.2 Å². The molecular formula is C21H21F3N4O2. The molecule has 3 aromatic rings. The van der Waals surface area contributed by atoms with Gasteiger partial charge in [0.25, 0.3) is 0 Å². The first-order valence-corrected chi connectivity index (χ1v) is 9.65. The van der Waals surface area contributed by atoms with E-state index in [9.17, 15) is 13.2 Å². The third-order valence-electron chi connectivity index (χ3n) is 4.77. The maximum absolute atomic E-state index is 13.4. The van der Waals surface area contributed by atoms with Crippen molar-refractivity contribution < 1.29 is 22.6 Å². The highest BCUT2D eigenvalue weighted by atomic mass is 19.4. The van der Waals surface area contributed by atoms with Gasteiger partial charge in [0.15, 0.2) is 0 Å². The number of para-hydroxylation sites is 1. The lowest BCUT2D eigenvalue weighted by Crippen LogP contribution is -2.43. The van der Waals surface area contributed by atoms with Crippen molar-refractivity contribution in [2.24, 2.45) is 0 Å². The molecule has 0 amide bonds. The van der Waals surface area contributed by atoms with Gasteiger partial charge in [0.05, 0.1) is 0 Å². The van der Waals surface area contributed by atoms with Gasteiger partial charge in [-0.2, -0.15) is 18.2 Å². The van der Waals surface area contributed by atoms with Gasteiger partial charge in [-0.3, -0.25) is 4.98 Å². The van der Waals surface area contributed by atoms with Gasteiger partial charge < -0.3 is 19.7 Å². The number of ether oxygens (including phenoxy) is 2. The maximum atomic E-state index is 13.4. The number of pyridine rings is 2. The molecule has 0 bridgehead atoms. The van der Waals surface area contributed by atoms with Crippen molar-refractivity contribution in [1.82, 2.24) is 15.3 Å². The molecule has 3 heterocycles. The fourth-order valence-corrected chi connectivity index (χ4v) is 3.31. The monoisotopic (exact) mass is 418 g/mol. The number of aromatic nitrogens is 2. The number of nitrogens with zero attached hydrogens (tertiary/aromatic N) is 3. The lowest BCUT2D eigenvalue weighted by atomic mass is 10.2. The zero-order chi connectivity index (χ0) is 21.0. The van der Waals surface area contributed by atoms with Crippen LogP contribution in [0.3, 0.4) is 0 Å². The second-order valence-corrected chi connectivity index (χ2v) is 6.79. The summed E-state index contributed by atoms with van der Waals surface area (Å²) in [6, 6.07) is 11.7. The van der Waals surface area contributed by atoms with Crippen LogP contribution in [-0.2, 0) is 6.18 Å². The Bertz CT molecular complexity index is 1000. The Labute approximate surface area is 171 Å². The number of benzene rings is 1. The van der Waals surface area contributed by atoms with Crippen LogP contribution < -0.4 is 19.7 Å². The first-order chi connectivity index (χ1) is 14.5. The van der Waals surface area contributed by atoms with Crippen molar-refractivity contribution in [3.05, 3.63) is 54.2 Å². The van der Waals surface area contributed by atoms with Gasteiger partial charge in [0, 0.05) is 37.8 Å². The van der Waals surface area contributed by atoms with E-state index in [0.29, 0.717) is 30.2 Å². The van der Waals surface area contributed by atoms with Gasteiger partial charge in [0.2, 0.25) is 5.88 Å². The summed E-state index contributed by atoms with van der Waals surface area (Å²) in [4.78, 5) is 10.4. The fraction of sp³-hybridized carbons (Fsp3) is 0.333. The average Bonchev–Trinajstić information content (AvgIpc) is 2.76. The van der Waals surface area contributed by atoms with E-state index >= 15 is 0 Å². The Kier molecular flexibility index (Phi) is 5.89. The van der Waals surface area contributed by atoms with Gasteiger partial charge in [-0.15, -0.1) is 0 Å². The molecule has 0 radical (unpaired) electrons. The summed E-state index contributed by atoms with van der Waals surface area (Å²) < 4.78 is 51.3. The van der Waals surface area contributed by atoms with Gasteiger partial charge in [-0.25, -0.2) is 0 Å². The highest BCUT2D eigenvalue weighted by molar-refractivity contribution is 5.84. The summed E-state index contributed by atoms with van der Waals surface area (Å²) in [5.74, 6) is 0.590. The number of piperazine rings is 1. The summed E-state index contributed by atoms with van der Waals surface area (Å²) in [7, 11) is 0. The number of halogens is 3. The fourth-order valence-electron chi connectivity index (χ4n) is 3.31. The number of rotatable bonds is 6. The third kappa shape index (κ3) is 4.56.